The highest BCUT2D eigenvalue weighted by Gasteiger charge is 2.34. The van der Waals surface area contributed by atoms with Crippen LogP contribution in [0.5, 0.6) is 0 Å². The zero-order valence-corrected chi connectivity index (χ0v) is 8.74. The summed E-state index contributed by atoms with van der Waals surface area (Å²) < 4.78 is 50.2. The lowest BCUT2D eigenvalue weighted by molar-refractivity contribution is -0.140. The Kier molecular flexibility index (Phi) is 3.07. The van der Waals surface area contributed by atoms with Gasteiger partial charge in [-0.15, -0.1) is 0 Å². The van der Waals surface area contributed by atoms with Gasteiger partial charge in [-0.3, -0.25) is 0 Å². The lowest BCUT2D eigenvalue weighted by atomic mass is 9.95. The second-order valence-corrected chi connectivity index (χ2v) is 3.84. The highest BCUT2D eigenvalue weighted by molar-refractivity contribution is 5.35. The van der Waals surface area contributed by atoms with Crippen LogP contribution in [-0.2, 0) is 6.18 Å². The van der Waals surface area contributed by atoms with Gasteiger partial charge in [-0.25, -0.2) is 4.39 Å². The third-order valence-electron chi connectivity index (χ3n) is 2.28. The van der Waals surface area contributed by atoms with Gasteiger partial charge in [0.25, 0.3) is 0 Å². The quantitative estimate of drug-likeness (QED) is 0.620. The Morgan fingerprint density at radius 3 is 2.07 bits per heavy atom. The second-order valence-electron chi connectivity index (χ2n) is 3.84. The van der Waals surface area contributed by atoms with Crippen molar-refractivity contribution in [3.63, 3.8) is 0 Å². The Morgan fingerprint density at radius 1 is 1.13 bits per heavy atom. The summed E-state index contributed by atoms with van der Waals surface area (Å²) in [6.07, 6.45) is -4.62. The number of hydrogen-bond acceptors (Lipinski definition) is 0. The van der Waals surface area contributed by atoms with Crippen molar-refractivity contribution in [2.75, 3.05) is 0 Å². The maximum atomic E-state index is 13.1. The minimum absolute atomic E-state index is 0.0494. The number of hydrogen-bond donors (Lipinski definition) is 0. The minimum Gasteiger partial charge on any atom is -0.206 e. The standard InChI is InChI=1S/C11H12F4/c1-6(2)8-5-9(11(13,14)15)10(12)4-7(8)3/h4-6H,1-3H3. The maximum Gasteiger partial charge on any atom is 0.419 e. The Hall–Kier alpha value is -1.06. The van der Waals surface area contributed by atoms with Crippen LogP contribution in [0.1, 0.15) is 36.5 Å². The molecule has 1 aromatic rings. The van der Waals surface area contributed by atoms with E-state index in [0.29, 0.717) is 11.1 Å². The molecule has 0 atom stereocenters. The molecule has 15 heavy (non-hydrogen) atoms. The molecule has 0 amide bonds. The molecule has 0 radical (unpaired) electrons. The van der Waals surface area contributed by atoms with E-state index in [9.17, 15) is 17.6 Å². The zero-order chi connectivity index (χ0) is 11.8. The summed E-state index contributed by atoms with van der Waals surface area (Å²) in [6, 6.07) is 1.84. The van der Waals surface area contributed by atoms with Gasteiger partial charge < -0.3 is 0 Å². The van der Waals surface area contributed by atoms with E-state index in [1.165, 1.54) is 0 Å². The Balaban J connectivity index is 3.37. The molecule has 0 nitrogen and oxygen atoms in total. The van der Waals surface area contributed by atoms with Crippen molar-refractivity contribution in [2.45, 2.75) is 32.9 Å². The van der Waals surface area contributed by atoms with Gasteiger partial charge in [-0.1, -0.05) is 13.8 Å². The molecule has 0 spiro atoms. The third-order valence-corrected chi connectivity index (χ3v) is 2.28. The van der Waals surface area contributed by atoms with Crippen molar-refractivity contribution >= 4 is 0 Å². The summed E-state index contributed by atoms with van der Waals surface area (Å²) in [4.78, 5) is 0. The predicted octanol–water partition coefficient (Wildman–Crippen LogP) is 4.28. The summed E-state index contributed by atoms with van der Waals surface area (Å²) in [6.45, 7) is 5.17. The van der Waals surface area contributed by atoms with Gasteiger partial charge in [-0.05, 0) is 36.1 Å². The predicted molar refractivity (Wildman–Crippen MR) is 50.2 cm³/mol. The van der Waals surface area contributed by atoms with Gasteiger partial charge in [0, 0.05) is 0 Å². The van der Waals surface area contributed by atoms with Gasteiger partial charge in [0.15, 0.2) is 0 Å². The van der Waals surface area contributed by atoms with Crippen molar-refractivity contribution in [3.05, 3.63) is 34.6 Å². The topological polar surface area (TPSA) is 0 Å². The van der Waals surface area contributed by atoms with E-state index in [4.69, 9.17) is 0 Å². The number of alkyl halides is 3. The molecule has 0 aliphatic heterocycles. The fraction of sp³-hybridized carbons (Fsp3) is 0.455. The van der Waals surface area contributed by atoms with Crippen LogP contribution in [-0.4, -0.2) is 0 Å². The first kappa shape index (κ1) is 12.0. The Morgan fingerprint density at radius 2 is 1.67 bits per heavy atom. The molecule has 0 heterocycles. The van der Waals surface area contributed by atoms with Gasteiger partial charge in [0.05, 0.1) is 5.56 Å². The summed E-state index contributed by atoms with van der Waals surface area (Å²) in [5.74, 6) is -1.25. The third kappa shape index (κ3) is 2.49. The van der Waals surface area contributed by atoms with Crippen LogP contribution in [0.4, 0.5) is 17.6 Å². The van der Waals surface area contributed by atoms with Crippen LogP contribution in [0.15, 0.2) is 12.1 Å². The van der Waals surface area contributed by atoms with Crippen LogP contribution < -0.4 is 0 Å². The number of rotatable bonds is 1. The minimum atomic E-state index is -4.62. The van der Waals surface area contributed by atoms with E-state index < -0.39 is 17.6 Å². The van der Waals surface area contributed by atoms with E-state index in [0.717, 1.165) is 12.1 Å². The van der Waals surface area contributed by atoms with Crippen molar-refractivity contribution in [3.8, 4) is 0 Å². The molecule has 0 aliphatic rings. The van der Waals surface area contributed by atoms with E-state index in [1.807, 2.05) is 0 Å². The van der Waals surface area contributed by atoms with E-state index in [2.05, 4.69) is 0 Å². The molecule has 1 rings (SSSR count). The number of aryl methyl sites for hydroxylation is 1. The molecule has 0 N–H and O–H groups in total. The smallest absolute Gasteiger partial charge is 0.206 e. The molecule has 0 aromatic heterocycles. The summed E-state index contributed by atoms with van der Waals surface area (Å²) >= 11 is 0. The van der Waals surface area contributed by atoms with Crippen molar-refractivity contribution < 1.29 is 17.6 Å². The SMILES string of the molecule is Cc1cc(F)c(C(F)(F)F)cc1C(C)C. The first-order valence-electron chi connectivity index (χ1n) is 4.60. The summed E-state index contributed by atoms with van der Waals surface area (Å²) in [5.41, 5.74) is -0.101. The lowest BCUT2D eigenvalue weighted by Crippen LogP contribution is -2.10. The molecule has 0 fully saturated rings. The number of benzene rings is 1. The van der Waals surface area contributed by atoms with E-state index in [1.54, 1.807) is 20.8 Å². The molecule has 0 aliphatic carbocycles. The summed E-state index contributed by atoms with van der Waals surface area (Å²) in [5, 5.41) is 0. The van der Waals surface area contributed by atoms with Crippen LogP contribution in [0, 0.1) is 12.7 Å². The Labute approximate surface area is 85.9 Å². The molecule has 1 aromatic carbocycles. The fourth-order valence-electron chi connectivity index (χ4n) is 1.53. The molecular weight excluding hydrogens is 208 g/mol. The first-order valence-corrected chi connectivity index (χ1v) is 4.60. The van der Waals surface area contributed by atoms with Gasteiger partial charge in [0.2, 0.25) is 0 Å². The van der Waals surface area contributed by atoms with Crippen molar-refractivity contribution in [2.24, 2.45) is 0 Å². The second kappa shape index (κ2) is 3.83. The fourth-order valence-corrected chi connectivity index (χ4v) is 1.53. The molecule has 0 saturated heterocycles. The molecule has 4 heteroatoms. The molecule has 0 unspecified atom stereocenters. The van der Waals surface area contributed by atoms with E-state index in [-0.39, 0.29) is 5.92 Å². The molecule has 0 saturated carbocycles. The number of halogens is 4. The zero-order valence-electron chi connectivity index (χ0n) is 8.74. The monoisotopic (exact) mass is 220 g/mol. The lowest BCUT2D eigenvalue weighted by Gasteiger charge is -2.14. The van der Waals surface area contributed by atoms with Crippen LogP contribution in [0.3, 0.4) is 0 Å². The maximum absolute atomic E-state index is 13.1. The average Bonchev–Trinajstić information content (AvgIpc) is 2.00. The Bertz CT molecular complexity index is 364. The first-order chi connectivity index (χ1) is 6.73. The van der Waals surface area contributed by atoms with Crippen LogP contribution >= 0.6 is 0 Å². The average molecular weight is 220 g/mol. The molecule has 84 valence electrons. The summed E-state index contributed by atoms with van der Waals surface area (Å²) in [7, 11) is 0. The van der Waals surface area contributed by atoms with Crippen molar-refractivity contribution in [1.29, 1.82) is 0 Å². The van der Waals surface area contributed by atoms with Gasteiger partial charge in [0.1, 0.15) is 5.82 Å². The van der Waals surface area contributed by atoms with Gasteiger partial charge in [-0.2, -0.15) is 13.2 Å². The van der Waals surface area contributed by atoms with Crippen molar-refractivity contribution in [1.82, 2.24) is 0 Å². The molecular formula is C11H12F4. The molecule has 0 bridgehead atoms. The highest BCUT2D eigenvalue weighted by atomic mass is 19.4. The highest BCUT2D eigenvalue weighted by Crippen LogP contribution is 2.34. The largest absolute Gasteiger partial charge is 0.419 e. The van der Waals surface area contributed by atoms with Gasteiger partial charge >= 0.3 is 6.18 Å². The van der Waals surface area contributed by atoms with Crippen LogP contribution in [0.2, 0.25) is 0 Å². The normalized spacial score (nSPS) is 12.3. The van der Waals surface area contributed by atoms with Crippen LogP contribution in [0.25, 0.3) is 0 Å². The van der Waals surface area contributed by atoms with E-state index >= 15 is 0 Å².